The van der Waals surface area contributed by atoms with Crippen LogP contribution >= 0.6 is 0 Å². The van der Waals surface area contributed by atoms with Crippen molar-refractivity contribution in [2.45, 2.75) is 50.9 Å². The van der Waals surface area contributed by atoms with Crippen LogP contribution in [0.3, 0.4) is 0 Å². The molecule has 3 rings (SSSR count). The highest BCUT2D eigenvalue weighted by Gasteiger charge is 2.44. The Morgan fingerprint density at radius 1 is 1.55 bits per heavy atom. The summed E-state index contributed by atoms with van der Waals surface area (Å²) < 4.78 is 7.40. The Kier molecular flexibility index (Phi) is 4.10. The molecule has 0 saturated carbocycles. The zero-order valence-corrected chi connectivity index (χ0v) is 13.0. The summed E-state index contributed by atoms with van der Waals surface area (Å²) in [5.74, 6) is 0.514. The fourth-order valence-corrected chi connectivity index (χ4v) is 3.44. The van der Waals surface area contributed by atoms with Crippen LogP contribution in [0.25, 0.3) is 0 Å². The molecule has 1 aromatic rings. The van der Waals surface area contributed by atoms with E-state index in [1.807, 2.05) is 11.8 Å². The van der Waals surface area contributed by atoms with Crippen molar-refractivity contribution in [3.05, 3.63) is 11.8 Å². The van der Waals surface area contributed by atoms with Crippen LogP contribution in [0.4, 0.5) is 5.82 Å². The number of nitrogens with two attached hydrogens (primary N) is 1. The molecule has 3 heterocycles. The van der Waals surface area contributed by atoms with Crippen molar-refractivity contribution in [2.24, 2.45) is 0 Å². The Morgan fingerprint density at radius 2 is 2.27 bits per heavy atom. The van der Waals surface area contributed by atoms with Gasteiger partial charge in [0.25, 0.3) is 0 Å². The van der Waals surface area contributed by atoms with Gasteiger partial charge >= 0.3 is 0 Å². The highest BCUT2D eigenvalue weighted by Crippen LogP contribution is 2.35. The molecule has 1 amide bonds. The number of anilines is 1. The second-order valence-corrected chi connectivity index (χ2v) is 6.32. The molecule has 7 heteroatoms. The van der Waals surface area contributed by atoms with E-state index in [-0.39, 0.29) is 12.5 Å². The van der Waals surface area contributed by atoms with Crippen molar-refractivity contribution in [2.75, 3.05) is 25.4 Å². The number of amides is 1. The molecule has 1 aromatic heterocycles. The predicted molar refractivity (Wildman–Crippen MR) is 81.1 cm³/mol. The second kappa shape index (κ2) is 5.89. The first-order valence-electron chi connectivity index (χ1n) is 7.90. The molecule has 122 valence electrons. The molecule has 1 atom stereocenters. The van der Waals surface area contributed by atoms with Crippen LogP contribution in [-0.4, -0.2) is 57.1 Å². The van der Waals surface area contributed by atoms with Crippen molar-refractivity contribution < 1.29 is 14.6 Å². The van der Waals surface area contributed by atoms with E-state index < -0.39 is 11.7 Å². The number of aryl methyl sites for hydroxylation is 1. The van der Waals surface area contributed by atoms with Crippen LogP contribution < -0.4 is 5.73 Å². The number of ether oxygens (including phenoxy) is 1. The second-order valence-electron chi connectivity index (χ2n) is 6.32. The van der Waals surface area contributed by atoms with Crippen molar-refractivity contribution in [3.8, 4) is 0 Å². The number of rotatable bonds is 2. The van der Waals surface area contributed by atoms with Crippen molar-refractivity contribution in [1.82, 2.24) is 14.7 Å². The molecule has 2 saturated heterocycles. The number of nitrogens with zero attached hydrogens (tertiary/aromatic N) is 3. The highest BCUT2D eigenvalue weighted by molar-refractivity contribution is 5.76. The average Bonchev–Trinajstić information content (AvgIpc) is 2.81. The molecule has 0 radical (unpaired) electrons. The van der Waals surface area contributed by atoms with E-state index in [1.165, 1.54) is 4.68 Å². The summed E-state index contributed by atoms with van der Waals surface area (Å²) in [4.78, 5) is 14.2. The van der Waals surface area contributed by atoms with Gasteiger partial charge in [0, 0.05) is 25.8 Å². The quantitative estimate of drug-likeness (QED) is 0.820. The smallest absolute Gasteiger partial charge is 0.244 e. The summed E-state index contributed by atoms with van der Waals surface area (Å²) in [5.41, 5.74) is 6.18. The molecule has 0 aliphatic carbocycles. The van der Waals surface area contributed by atoms with E-state index in [9.17, 15) is 9.90 Å². The number of hydrogen-bond donors (Lipinski definition) is 2. The van der Waals surface area contributed by atoms with Gasteiger partial charge in [-0.2, -0.15) is 5.10 Å². The number of piperidine rings is 1. The number of aliphatic hydroxyl groups is 1. The summed E-state index contributed by atoms with van der Waals surface area (Å²) >= 11 is 0. The SMILES string of the molecule is Cc1cc(N)n(CC(=O)N2CCC3(CC2)OCCCC3O)n1. The minimum Gasteiger partial charge on any atom is -0.390 e. The van der Waals surface area contributed by atoms with Gasteiger partial charge in [0.15, 0.2) is 0 Å². The van der Waals surface area contributed by atoms with Crippen LogP contribution in [0, 0.1) is 6.92 Å². The molecular weight excluding hydrogens is 284 g/mol. The molecule has 1 spiro atoms. The van der Waals surface area contributed by atoms with Gasteiger partial charge in [-0.05, 0) is 32.6 Å². The largest absolute Gasteiger partial charge is 0.390 e. The minimum atomic E-state index is -0.448. The Bertz CT molecular complexity index is 549. The first kappa shape index (κ1) is 15.3. The van der Waals surface area contributed by atoms with Crippen molar-refractivity contribution in [1.29, 1.82) is 0 Å². The number of hydrogen-bond acceptors (Lipinski definition) is 5. The van der Waals surface area contributed by atoms with E-state index in [0.29, 0.717) is 38.4 Å². The lowest BCUT2D eigenvalue weighted by Crippen LogP contribution is -2.56. The number of likely N-dealkylation sites (tertiary alicyclic amines) is 1. The van der Waals surface area contributed by atoms with E-state index in [4.69, 9.17) is 10.5 Å². The van der Waals surface area contributed by atoms with E-state index in [2.05, 4.69) is 5.10 Å². The summed E-state index contributed by atoms with van der Waals surface area (Å²) in [6.45, 7) is 3.93. The third-order valence-corrected chi connectivity index (χ3v) is 4.80. The molecule has 3 N–H and O–H groups in total. The highest BCUT2D eigenvalue weighted by atomic mass is 16.5. The average molecular weight is 308 g/mol. The first-order valence-corrected chi connectivity index (χ1v) is 7.90. The number of carbonyl (C=O) groups is 1. The summed E-state index contributed by atoms with van der Waals surface area (Å²) in [5, 5.41) is 14.4. The van der Waals surface area contributed by atoms with Gasteiger partial charge in [0.05, 0.1) is 17.4 Å². The number of nitrogen functional groups attached to an aromatic ring is 1. The maximum absolute atomic E-state index is 12.4. The van der Waals surface area contributed by atoms with Crippen LogP contribution in [0.2, 0.25) is 0 Å². The van der Waals surface area contributed by atoms with Crippen LogP contribution in [-0.2, 0) is 16.1 Å². The molecule has 2 fully saturated rings. The molecular formula is C15H24N4O3. The van der Waals surface area contributed by atoms with Crippen LogP contribution in [0.15, 0.2) is 6.07 Å². The maximum Gasteiger partial charge on any atom is 0.244 e. The molecule has 1 unspecified atom stereocenters. The maximum atomic E-state index is 12.4. The lowest BCUT2D eigenvalue weighted by Gasteiger charge is -2.46. The lowest BCUT2D eigenvalue weighted by atomic mass is 9.82. The molecule has 22 heavy (non-hydrogen) atoms. The van der Waals surface area contributed by atoms with Gasteiger partial charge in [-0.25, -0.2) is 4.68 Å². The zero-order chi connectivity index (χ0) is 15.7. The van der Waals surface area contributed by atoms with Gasteiger partial charge in [-0.15, -0.1) is 0 Å². The predicted octanol–water partition coefficient (Wildman–Crippen LogP) is 0.306. The summed E-state index contributed by atoms with van der Waals surface area (Å²) in [6, 6.07) is 1.75. The Hall–Kier alpha value is -1.60. The van der Waals surface area contributed by atoms with Gasteiger partial charge in [-0.3, -0.25) is 4.79 Å². The monoisotopic (exact) mass is 308 g/mol. The number of aliphatic hydroxyl groups excluding tert-OH is 1. The molecule has 2 aliphatic rings. The van der Waals surface area contributed by atoms with Crippen LogP contribution in [0.1, 0.15) is 31.4 Å². The first-order chi connectivity index (χ1) is 10.5. The zero-order valence-electron chi connectivity index (χ0n) is 13.0. The minimum absolute atomic E-state index is 0.00921. The Balaban J connectivity index is 1.59. The van der Waals surface area contributed by atoms with Crippen molar-refractivity contribution >= 4 is 11.7 Å². The van der Waals surface area contributed by atoms with Gasteiger partial charge in [0.2, 0.25) is 5.91 Å². The third kappa shape index (κ3) is 2.83. The lowest BCUT2D eigenvalue weighted by molar-refractivity contribution is -0.179. The standard InChI is InChI=1S/C15H24N4O3/c1-11-9-13(16)19(17-11)10-14(21)18-6-4-15(5-7-18)12(20)3-2-8-22-15/h9,12,20H,2-8,10,16H2,1H3. The molecule has 2 aliphatic heterocycles. The normalized spacial score (nSPS) is 24.6. The number of aromatic nitrogens is 2. The van der Waals surface area contributed by atoms with Gasteiger partial charge in [0.1, 0.15) is 12.4 Å². The van der Waals surface area contributed by atoms with Crippen molar-refractivity contribution in [3.63, 3.8) is 0 Å². The van der Waals surface area contributed by atoms with E-state index in [1.54, 1.807) is 6.07 Å². The molecule has 0 aromatic carbocycles. The fraction of sp³-hybridized carbons (Fsp3) is 0.733. The van der Waals surface area contributed by atoms with E-state index >= 15 is 0 Å². The molecule has 0 bridgehead atoms. The molecule has 7 nitrogen and oxygen atoms in total. The van der Waals surface area contributed by atoms with Gasteiger partial charge < -0.3 is 20.5 Å². The Morgan fingerprint density at radius 3 is 2.86 bits per heavy atom. The summed E-state index contributed by atoms with van der Waals surface area (Å²) in [6.07, 6.45) is 2.66. The number of carbonyl (C=O) groups excluding carboxylic acids is 1. The third-order valence-electron chi connectivity index (χ3n) is 4.80. The summed E-state index contributed by atoms with van der Waals surface area (Å²) in [7, 11) is 0. The fourth-order valence-electron chi connectivity index (χ4n) is 3.44. The topological polar surface area (TPSA) is 93.6 Å². The van der Waals surface area contributed by atoms with Crippen LogP contribution in [0.5, 0.6) is 0 Å². The Labute approximate surface area is 130 Å². The van der Waals surface area contributed by atoms with Gasteiger partial charge in [-0.1, -0.05) is 0 Å². The van der Waals surface area contributed by atoms with E-state index in [0.717, 1.165) is 18.5 Å².